The van der Waals surface area contributed by atoms with Gasteiger partial charge in [0.15, 0.2) is 0 Å². The second-order valence-corrected chi connectivity index (χ2v) is 3.43. The van der Waals surface area contributed by atoms with E-state index in [-0.39, 0.29) is 0 Å². The molecular weight excluding hydrogens is 168 g/mol. The molecule has 1 aliphatic rings. The summed E-state index contributed by atoms with van der Waals surface area (Å²) in [6.07, 6.45) is 25.5. The van der Waals surface area contributed by atoms with Crippen LogP contribution in [-0.2, 0) is 0 Å². The zero-order valence-corrected chi connectivity index (χ0v) is 8.73. The Balaban J connectivity index is 2.36. The first-order chi connectivity index (χ1) is 7.00. The van der Waals surface area contributed by atoms with E-state index in [2.05, 4.69) is 55.0 Å². The Hall–Kier alpha value is -1.04. The molecule has 0 amide bonds. The van der Waals surface area contributed by atoms with Crippen molar-refractivity contribution in [2.45, 2.75) is 32.1 Å². The number of allylic oxidation sites excluding steroid dienone is 8. The standard InChI is InChI=1S/C14H19/c1-2-4-6-8-10-12-14-13-11-9-7-5-3-1/h1-7,10,12H,8-9,11,13-14H2/b2-1+,5-3+,6-4-,12-10+. The van der Waals surface area contributed by atoms with Crippen LogP contribution in [0.1, 0.15) is 32.1 Å². The maximum atomic E-state index is 2.29. The lowest BCUT2D eigenvalue weighted by molar-refractivity contribution is 0.746. The lowest BCUT2D eigenvalue weighted by Crippen LogP contribution is -1.75. The van der Waals surface area contributed by atoms with Crippen LogP contribution in [0.25, 0.3) is 0 Å². The monoisotopic (exact) mass is 187 g/mol. The number of hydrogen-bond donors (Lipinski definition) is 0. The minimum absolute atomic E-state index is 1.06. The molecule has 0 aromatic heterocycles. The van der Waals surface area contributed by atoms with Gasteiger partial charge in [0.05, 0.1) is 0 Å². The van der Waals surface area contributed by atoms with Gasteiger partial charge in [0.2, 0.25) is 0 Å². The fourth-order valence-electron chi connectivity index (χ4n) is 1.34. The minimum Gasteiger partial charge on any atom is -0.0882 e. The average molecular weight is 187 g/mol. The van der Waals surface area contributed by atoms with Crippen LogP contribution in [0.5, 0.6) is 0 Å². The normalized spacial score (nSPS) is 28.6. The fraction of sp³-hybridized carbons (Fsp3) is 0.357. The third-order valence-electron chi connectivity index (χ3n) is 2.15. The Kier molecular flexibility index (Phi) is 6.74. The van der Waals surface area contributed by atoms with Crippen LogP contribution in [0.2, 0.25) is 0 Å². The van der Waals surface area contributed by atoms with Crippen molar-refractivity contribution in [3.05, 3.63) is 55.0 Å². The fourth-order valence-corrected chi connectivity index (χ4v) is 1.34. The molecule has 0 aromatic carbocycles. The van der Waals surface area contributed by atoms with Gasteiger partial charge in [0.1, 0.15) is 0 Å². The molecule has 1 aliphatic carbocycles. The van der Waals surface area contributed by atoms with E-state index in [1.165, 1.54) is 25.7 Å². The SMILES string of the molecule is [CH]1/C=C/C=C/C=C\C/C=C/CCCC1. The van der Waals surface area contributed by atoms with Gasteiger partial charge in [0, 0.05) is 0 Å². The van der Waals surface area contributed by atoms with Crippen LogP contribution in [0.15, 0.2) is 48.6 Å². The zero-order valence-electron chi connectivity index (χ0n) is 8.73. The van der Waals surface area contributed by atoms with Crippen LogP contribution in [0, 0.1) is 6.42 Å². The van der Waals surface area contributed by atoms with Crippen molar-refractivity contribution in [3.63, 3.8) is 0 Å². The topological polar surface area (TPSA) is 0 Å². The molecule has 14 heavy (non-hydrogen) atoms. The highest BCUT2D eigenvalue weighted by Gasteiger charge is 1.85. The molecule has 0 saturated heterocycles. The van der Waals surface area contributed by atoms with E-state index in [0.29, 0.717) is 0 Å². The Morgan fingerprint density at radius 3 is 2.36 bits per heavy atom. The Morgan fingerprint density at radius 2 is 1.36 bits per heavy atom. The van der Waals surface area contributed by atoms with Crippen molar-refractivity contribution in [2.75, 3.05) is 0 Å². The molecule has 1 radical (unpaired) electrons. The maximum absolute atomic E-state index is 2.29. The summed E-state index contributed by atoms with van der Waals surface area (Å²) in [6.45, 7) is 0. The molecule has 0 heterocycles. The largest absolute Gasteiger partial charge is 0.0882 e. The molecule has 0 spiro atoms. The van der Waals surface area contributed by atoms with Gasteiger partial charge in [0.25, 0.3) is 0 Å². The molecule has 0 N–H and O–H groups in total. The van der Waals surface area contributed by atoms with Crippen molar-refractivity contribution < 1.29 is 0 Å². The zero-order chi connectivity index (χ0) is 9.90. The lowest BCUT2D eigenvalue weighted by atomic mass is 10.1. The molecular formula is C14H19. The molecule has 0 saturated carbocycles. The smallest absolute Gasteiger partial charge is 0.0166 e. The van der Waals surface area contributed by atoms with Crippen molar-refractivity contribution in [1.29, 1.82) is 0 Å². The molecule has 0 fully saturated rings. The Bertz CT molecular complexity index is 228. The second-order valence-electron chi connectivity index (χ2n) is 3.43. The summed E-state index contributed by atoms with van der Waals surface area (Å²) in [7, 11) is 0. The first kappa shape index (κ1) is 11.0. The maximum Gasteiger partial charge on any atom is -0.0166 e. The van der Waals surface area contributed by atoms with Gasteiger partial charge >= 0.3 is 0 Å². The minimum atomic E-state index is 1.06. The highest BCUT2D eigenvalue weighted by Crippen LogP contribution is 2.04. The second kappa shape index (κ2) is 8.55. The Labute approximate surface area is 87.7 Å². The summed E-state index contributed by atoms with van der Waals surface area (Å²) in [5, 5.41) is 0. The quantitative estimate of drug-likeness (QED) is 0.494. The van der Waals surface area contributed by atoms with Crippen molar-refractivity contribution in [3.8, 4) is 0 Å². The molecule has 75 valence electrons. The van der Waals surface area contributed by atoms with Gasteiger partial charge < -0.3 is 0 Å². The van der Waals surface area contributed by atoms with E-state index >= 15 is 0 Å². The Morgan fingerprint density at radius 1 is 0.571 bits per heavy atom. The first-order valence-corrected chi connectivity index (χ1v) is 5.47. The van der Waals surface area contributed by atoms with E-state index < -0.39 is 0 Å². The average Bonchev–Trinajstić information content (AvgIpc) is 2.22. The summed E-state index contributed by atoms with van der Waals surface area (Å²) in [4.78, 5) is 0. The third-order valence-corrected chi connectivity index (χ3v) is 2.15. The highest BCUT2D eigenvalue weighted by atomic mass is 13.9. The molecule has 1 rings (SSSR count). The molecule has 0 bridgehead atoms. The van der Waals surface area contributed by atoms with Crippen molar-refractivity contribution in [2.24, 2.45) is 0 Å². The van der Waals surface area contributed by atoms with Gasteiger partial charge in [-0.15, -0.1) is 0 Å². The highest BCUT2D eigenvalue weighted by molar-refractivity contribution is 5.14. The van der Waals surface area contributed by atoms with Crippen LogP contribution in [0.3, 0.4) is 0 Å². The summed E-state index contributed by atoms with van der Waals surface area (Å²) in [5.74, 6) is 0. The van der Waals surface area contributed by atoms with E-state index in [4.69, 9.17) is 0 Å². The lowest BCUT2D eigenvalue weighted by Gasteiger charge is -1.94. The first-order valence-electron chi connectivity index (χ1n) is 5.47. The van der Waals surface area contributed by atoms with Crippen LogP contribution >= 0.6 is 0 Å². The van der Waals surface area contributed by atoms with Gasteiger partial charge in [-0.1, -0.05) is 55.0 Å². The molecule has 0 atom stereocenters. The summed E-state index contributed by atoms with van der Waals surface area (Å²) < 4.78 is 0. The van der Waals surface area contributed by atoms with Gasteiger partial charge in [-0.2, -0.15) is 0 Å². The number of hydrogen-bond acceptors (Lipinski definition) is 0. The van der Waals surface area contributed by atoms with Crippen LogP contribution < -0.4 is 0 Å². The molecule has 0 unspecified atom stereocenters. The van der Waals surface area contributed by atoms with E-state index in [1.807, 2.05) is 0 Å². The van der Waals surface area contributed by atoms with E-state index in [1.54, 1.807) is 0 Å². The third kappa shape index (κ3) is 6.47. The molecule has 0 aliphatic heterocycles. The van der Waals surface area contributed by atoms with E-state index in [0.717, 1.165) is 6.42 Å². The molecule has 0 aromatic rings. The van der Waals surface area contributed by atoms with Gasteiger partial charge in [-0.05, 0) is 32.1 Å². The summed E-state index contributed by atoms with van der Waals surface area (Å²) >= 11 is 0. The van der Waals surface area contributed by atoms with Crippen LogP contribution in [-0.4, -0.2) is 0 Å². The van der Waals surface area contributed by atoms with E-state index in [9.17, 15) is 0 Å². The van der Waals surface area contributed by atoms with Crippen LogP contribution in [0.4, 0.5) is 0 Å². The molecule has 0 heteroatoms. The number of rotatable bonds is 0. The van der Waals surface area contributed by atoms with Crippen molar-refractivity contribution in [1.82, 2.24) is 0 Å². The summed E-state index contributed by atoms with van der Waals surface area (Å²) in [6, 6.07) is 0. The van der Waals surface area contributed by atoms with Gasteiger partial charge in [-0.25, -0.2) is 0 Å². The predicted molar refractivity (Wildman–Crippen MR) is 63.9 cm³/mol. The van der Waals surface area contributed by atoms with Gasteiger partial charge in [-0.3, -0.25) is 0 Å². The molecule has 0 nitrogen and oxygen atoms in total. The van der Waals surface area contributed by atoms with Crippen molar-refractivity contribution >= 4 is 0 Å². The predicted octanol–water partition coefficient (Wildman–Crippen LogP) is 4.38. The summed E-state index contributed by atoms with van der Waals surface area (Å²) in [5.41, 5.74) is 0.